The molecule has 0 saturated carbocycles. The number of hydrogen-bond acceptors (Lipinski definition) is 5. The molecule has 0 radical (unpaired) electrons. The molecule has 0 saturated heterocycles. The third-order valence-electron chi connectivity index (χ3n) is 10.6. The molecule has 8 aromatic carbocycles. The van der Waals surface area contributed by atoms with E-state index in [1.807, 2.05) is 78.9 Å². The molecule has 11 rings (SSSR count). The number of para-hydroxylation sites is 2. The molecule has 3 aromatic heterocycles. The van der Waals surface area contributed by atoms with E-state index in [9.17, 15) is 0 Å². The fourth-order valence-electron chi connectivity index (χ4n) is 7.90. The Kier molecular flexibility index (Phi) is 7.42. The molecule has 0 aliphatic carbocycles. The number of furan rings is 2. The summed E-state index contributed by atoms with van der Waals surface area (Å²) < 4.78 is 13.6. The van der Waals surface area contributed by atoms with Crippen molar-refractivity contribution in [3.8, 4) is 67.5 Å². The molecule has 0 atom stereocenters. The predicted octanol–water partition coefficient (Wildman–Crippen LogP) is 13.7. The van der Waals surface area contributed by atoms with Gasteiger partial charge in [-0.3, -0.25) is 0 Å². The number of hydrogen-bond donors (Lipinski definition) is 0. The number of aromatic nitrogens is 3. The van der Waals surface area contributed by atoms with Crippen LogP contribution < -0.4 is 0 Å². The fourth-order valence-corrected chi connectivity index (χ4v) is 7.90. The highest BCUT2D eigenvalue weighted by Crippen LogP contribution is 2.46. The van der Waals surface area contributed by atoms with Crippen molar-refractivity contribution in [1.29, 1.82) is 0 Å². The van der Waals surface area contributed by atoms with Crippen LogP contribution >= 0.6 is 0 Å². The van der Waals surface area contributed by atoms with Crippen LogP contribution in [0.2, 0.25) is 0 Å². The average Bonchev–Trinajstić information content (AvgIpc) is 3.86. The van der Waals surface area contributed by atoms with Gasteiger partial charge in [-0.25, -0.2) is 15.0 Å². The Morgan fingerprint density at radius 2 is 0.821 bits per heavy atom. The Morgan fingerprint density at radius 1 is 0.286 bits per heavy atom. The highest BCUT2D eigenvalue weighted by molar-refractivity contribution is 6.19. The van der Waals surface area contributed by atoms with Crippen molar-refractivity contribution in [1.82, 2.24) is 15.0 Å². The van der Waals surface area contributed by atoms with Crippen LogP contribution in [0.3, 0.4) is 0 Å². The van der Waals surface area contributed by atoms with Crippen LogP contribution in [0.15, 0.2) is 197 Å². The minimum atomic E-state index is 0.529. The molecule has 0 unspecified atom stereocenters. The molecule has 0 aliphatic heterocycles. The van der Waals surface area contributed by atoms with Gasteiger partial charge in [-0.1, -0.05) is 152 Å². The Labute approximate surface area is 322 Å². The van der Waals surface area contributed by atoms with Crippen LogP contribution in [0.25, 0.3) is 111 Å². The van der Waals surface area contributed by atoms with Crippen molar-refractivity contribution in [3.05, 3.63) is 188 Å². The third kappa shape index (κ3) is 5.29. The molecule has 56 heavy (non-hydrogen) atoms. The largest absolute Gasteiger partial charge is 0.455 e. The van der Waals surface area contributed by atoms with Gasteiger partial charge in [-0.2, -0.15) is 0 Å². The van der Waals surface area contributed by atoms with Gasteiger partial charge < -0.3 is 8.83 Å². The normalized spacial score (nSPS) is 11.6. The molecule has 0 N–H and O–H groups in total. The first-order valence-electron chi connectivity index (χ1n) is 18.7. The first-order valence-corrected chi connectivity index (χ1v) is 18.7. The second-order valence-corrected chi connectivity index (χ2v) is 13.9. The molecule has 0 fully saturated rings. The quantitative estimate of drug-likeness (QED) is 0.171. The van der Waals surface area contributed by atoms with Crippen molar-refractivity contribution < 1.29 is 8.83 Å². The summed E-state index contributed by atoms with van der Waals surface area (Å²) in [6.07, 6.45) is 0. The molecule has 0 aliphatic rings. The van der Waals surface area contributed by atoms with Crippen molar-refractivity contribution in [3.63, 3.8) is 0 Å². The van der Waals surface area contributed by atoms with Crippen LogP contribution in [0, 0.1) is 0 Å². The van der Waals surface area contributed by atoms with Gasteiger partial charge in [0.25, 0.3) is 0 Å². The monoisotopic (exact) mass is 717 g/mol. The maximum atomic E-state index is 7.11. The van der Waals surface area contributed by atoms with E-state index in [1.54, 1.807) is 0 Å². The molecular formula is C51H31N3O2. The van der Waals surface area contributed by atoms with E-state index in [2.05, 4.69) is 109 Å². The standard InChI is InChI=1S/C51H31N3O2/c1-5-16-32(17-6-1)36-30-42(34-20-9-3-10-21-34)47-43(31-36)45-40(29-28-37(48(45)56-47)33-18-7-2-8-19-33)50-52-49(35-22-11-4-12-23-35)53-51(54-50)41-26-15-25-39-38-24-13-14-27-44(38)55-46(39)41/h1-31H. The molecule has 262 valence electrons. The molecular weight excluding hydrogens is 687 g/mol. The SMILES string of the molecule is c1ccc(-c2cc(-c3ccccc3)c3oc4c(-c5ccccc5)ccc(-c5nc(-c6ccccc6)nc(-c6cccc7c6oc6ccccc67)n5)c4c3c2)cc1. The Hall–Kier alpha value is -7.63. The summed E-state index contributed by atoms with van der Waals surface area (Å²) >= 11 is 0. The van der Waals surface area contributed by atoms with Crippen LogP contribution in [-0.4, -0.2) is 15.0 Å². The summed E-state index contributed by atoms with van der Waals surface area (Å²) in [6.45, 7) is 0. The summed E-state index contributed by atoms with van der Waals surface area (Å²) in [4.78, 5) is 15.6. The smallest absolute Gasteiger partial charge is 0.167 e. The summed E-state index contributed by atoms with van der Waals surface area (Å²) in [5.41, 5.74) is 12.0. The van der Waals surface area contributed by atoms with Crippen molar-refractivity contribution >= 4 is 43.9 Å². The molecule has 0 spiro atoms. The number of rotatable bonds is 6. The van der Waals surface area contributed by atoms with Crippen molar-refractivity contribution in [2.75, 3.05) is 0 Å². The second kappa shape index (κ2) is 13.0. The fraction of sp³-hybridized carbons (Fsp3) is 0. The van der Waals surface area contributed by atoms with Gasteiger partial charge in [0.15, 0.2) is 17.5 Å². The first-order chi connectivity index (χ1) is 27.8. The second-order valence-electron chi connectivity index (χ2n) is 13.9. The van der Waals surface area contributed by atoms with Gasteiger partial charge in [0, 0.05) is 43.8 Å². The van der Waals surface area contributed by atoms with E-state index < -0.39 is 0 Å². The van der Waals surface area contributed by atoms with E-state index in [0.717, 1.165) is 93.9 Å². The van der Waals surface area contributed by atoms with Crippen LogP contribution in [0.5, 0.6) is 0 Å². The van der Waals surface area contributed by atoms with Crippen molar-refractivity contribution in [2.24, 2.45) is 0 Å². The number of benzene rings is 8. The van der Waals surface area contributed by atoms with Gasteiger partial charge in [-0.05, 0) is 58.7 Å². The Morgan fingerprint density at radius 3 is 1.54 bits per heavy atom. The molecule has 0 amide bonds. The lowest BCUT2D eigenvalue weighted by Gasteiger charge is -2.11. The zero-order valence-corrected chi connectivity index (χ0v) is 30.1. The van der Waals surface area contributed by atoms with E-state index in [0.29, 0.717) is 17.5 Å². The molecule has 0 bridgehead atoms. The molecule has 5 heteroatoms. The minimum Gasteiger partial charge on any atom is -0.455 e. The maximum absolute atomic E-state index is 7.11. The molecule has 11 aromatic rings. The van der Waals surface area contributed by atoms with Crippen LogP contribution in [0.4, 0.5) is 0 Å². The zero-order chi connectivity index (χ0) is 37.0. The predicted molar refractivity (Wildman–Crippen MR) is 227 cm³/mol. The van der Waals surface area contributed by atoms with Crippen molar-refractivity contribution in [2.45, 2.75) is 0 Å². The Balaban J connectivity index is 1.25. The third-order valence-corrected chi connectivity index (χ3v) is 10.6. The lowest BCUT2D eigenvalue weighted by Crippen LogP contribution is -2.00. The summed E-state index contributed by atoms with van der Waals surface area (Å²) in [7, 11) is 0. The van der Waals surface area contributed by atoms with Gasteiger partial charge in [-0.15, -0.1) is 0 Å². The average molecular weight is 718 g/mol. The molecule has 3 heterocycles. The van der Waals surface area contributed by atoms with E-state index in [-0.39, 0.29) is 0 Å². The lowest BCUT2D eigenvalue weighted by molar-refractivity contribution is 0.669. The lowest BCUT2D eigenvalue weighted by atomic mass is 9.93. The topological polar surface area (TPSA) is 65.0 Å². The number of fused-ring (bicyclic) bond motifs is 6. The van der Waals surface area contributed by atoms with Gasteiger partial charge in [0.1, 0.15) is 22.3 Å². The summed E-state index contributed by atoms with van der Waals surface area (Å²) in [6, 6.07) is 64.4. The summed E-state index contributed by atoms with van der Waals surface area (Å²) in [5.74, 6) is 1.64. The molecule has 5 nitrogen and oxygen atoms in total. The van der Waals surface area contributed by atoms with Gasteiger partial charge >= 0.3 is 0 Å². The van der Waals surface area contributed by atoms with Crippen LogP contribution in [0.1, 0.15) is 0 Å². The van der Waals surface area contributed by atoms with E-state index >= 15 is 0 Å². The zero-order valence-electron chi connectivity index (χ0n) is 30.1. The highest BCUT2D eigenvalue weighted by atomic mass is 16.3. The van der Waals surface area contributed by atoms with E-state index in [4.69, 9.17) is 23.8 Å². The highest BCUT2D eigenvalue weighted by Gasteiger charge is 2.24. The van der Waals surface area contributed by atoms with Crippen LogP contribution in [-0.2, 0) is 0 Å². The Bertz CT molecular complexity index is 3230. The first kappa shape index (κ1) is 31.9. The van der Waals surface area contributed by atoms with Gasteiger partial charge in [0.2, 0.25) is 0 Å². The summed E-state index contributed by atoms with van der Waals surface area (Å²) in [5, 5.41) is 3.98. The van der Waals surface area contributed by atoms with Gasteiger partial charge in [0.05, 0.1) is 5.56 Å². The minimum absolute atomic E-state index is 0.529. The maximum Gasteiger partial charge on any atom is 0.167 e. The van der Waals surface area contributed by atoms with E-state index in [1.165, 1.54) is 0 Å². The number of nitrogens with zero attached hydrogens (tertiary/aromatic N) is 3.